The number of hydrogen-bond acceptors (Lipinski definition) is 5. The van der Waals surface area contributed by atoms with E-state index in [0.717, 1.165) is 16.4 Å². The fourth-order valence-electron chi connectivity index (χ4n) is 3.30. The zero-order valence-electron chi connectivity index (χ0n) is 13.4. The second-order valence-corrected chi connectivity index (χ2v) is 9.34. The molecule has 0 saturated carbocycles. The molecule has 7 heteroatoms. The molecule has 2 atom stereocenters. The first-order valence-corrected chi connectivity index (χ1v) is 10.8. The molecule has 2 aromatic rings. The van der Waals surface area contributed by atoms with Crippen LogP contribution >= 0.6 is 11.8 Å². The highest BCUT2D eigenvalue weighted by Gasteiger charge is 2.47. The second-order valence-electron chi connectivity index (χ2n) is 6.25. The summed E-state index contributed by atoms with van der Waals surface area (Å²) in [4.78, 5) is 6.70. The molecule has 0 amide bonds. The summed E-state index contributed by atoms with van der Waals surface area (Å²) in [5.41, 5.74) is 1.82. The summed E-state index contributed by atoms with van der Waals surface area (Å²) < 4.78 is 37.4. The van der Waals surface area contributed by atoms with E-state index in [0.29, 0.717) is 5.75 Å². The summed E-state index contributed by atoms with van der Waals surface area (Å²) in [5, 5.41) is 0.806. The monoisotopic (exact) mass is 376 g/mol. The van der Waals surface area contributed by atoms with Gasteiger partial charge in [-0.3, -0.25) is 4.99 Å². The lowest BCUT2D eigenvalue weighted by atomic mass is 10.1. The minimum Gasteiger partial charge on any atom is -0.315 e. The Kier molecular flexibility index (Phi) is 4.29. The molecule has 2 aliphatic rings. The van der Waals surface area contributed by atoms with E-state index in [-0.39, 0.29) is 29.4 Å². The molecular weight excluding hydrogens is 359 g/mol. The molecule has 130 valence electrons. The molecule has 2 heterocycles. The predicted molar refractivity (Wildman–Crippen MR) is 100 cm³/mol. The highest BCUT2D eigenvalue weighted by atomic mass is 32.2. The zero-order chi connectivity index (χ0) is 17.4. The lowest BCUT2D eigenvalue weighted by Crippen LogP contribution is -2.39. The maximum Gasteiger partial charge on any atom is 0.164 e. The SMILES string of the molecule is O=S1(=O)C[C@@H]2N=C(SCc3cccc(F)c3)N(c3ccccc3)[C@@H]2C1. The standard InChI is InChI=1S/C18H17FN2O2S2/c19-14-6-4-5-13(9-14)10-24-18-20-16-11-25(22,23)12-17(16)21(18)15-7-2-1-3-8-15/h1-9,16-17H,10-12H2/t16-,17+/m0/s1. The molecule has 0 bridgehead atoms. The Morgan fingerprint density at radius 3 is 2.68 bits per heavy atom. The Bertz CT molecular complexity index is 916. The molecule has 0 N–H and O–H groups in total. The Morgan fingerprint density at radius 1 is 1.12 bits per heavy atom. The minimum atomic E-state index is -3.05. The van der Waals surface area contributed by atoms with Gasteiger partial charge in [0.2, 0.25) is 0 Å². The number of amidine groups is 1. The van der Waals surface area contributed by atoms with Crippen LogP contribution in [0.1, 0.15) is 5.56 Å². The number of benzene rings is 2. The summed E-state index contributed by atoms with van der Waals surface area (Å²) in [6, 6.07) is 15.9. The largest absolute Gasteiger partial charge is 0.315 e. The third-order valence-corrected chi connectivity index (χ3v) is 7.14. The van der Waals surface area contributed by atoms with Gasteiger partial charge in [-0.1, -0.05) is 42.1 Å². The zero-order valence-corrected chi connectivity index (χ0v) is 15.0. The van der Waals surface area contributed by atoms with Crippen molar-refractivity contribution in [3.8, 4) is 0 Å². The van der Waals surface area contributed by atoms with Crippen LogP contribution in [0.15, 0.2) is 59.6 Å². The van der Waals surface area contributed by atoms with Crippen molar-refractivity contribution in [2.24, 2.45) is 4.99 Å². The normalized spacial score (nSPS) is 24.2. The number of thioether (sulfide) groups is 1. The van der Waals surface area contributed by atoms with Crippen molar-refractivity contribution in [1.29, 1.82) is 0 Å². The topological polar surface area (TPSA) is 49.7 Å². The third kappa shape index (κ3) is 3.43. The van der Waals surface area contributed by atoms with E-state index in [1.807, 2.05) is 41.3 Å². The number of hydrogen-bond donors (Lipinski definition) is 0. The van der Waals surface area contributed by atoms with Gasteiger partial charge in [0.15, 0.2) is 15.0 Å². The summed E-state index contributed by atoms with van der Waals surface area (Å²) in [7, 11) is -3.05. The molecule has 0 radical (unpaired) electrons. The van der Waals surface area contributed by atoms with E-state index in [9.17, 15) is 12.8 Å². The van der Waals surface area contributed by atoms with Gasteiger partial charge in [0.1, 0.15) is 5.82 Å². The minimum absolute atomic E-state index is 0.102. The van der Waals surface area contributed by atoms with Crippen molar-refractivity contribution in [2.45, 2.75) is 17.8 Å². The Labute approximate surface area is 150 Å². The number of anilines is 1. The molecule has 0 unspecified atom stereocenters. The summed E-state index contributed by atoms with van der Waals surface area (Å²) in [5.74, 6) is 0.561. The van der Waals surface area contributed by atoms with Gasteiger partial charge in [-0.05, 0) is 29.8 Å². The lowest BCUT2D eigenvalue weighted by Gasteiger charge is -2.26. The quantitative estimate of drug-likeness (QED) is 0.826. The number of rotatable bonds is 3. The van der Waals surface area contributed by atoms with Crippen LogP contribution in [0.5, 0.6) is 0 Å². The van der Waals surface area contributed by atoms with Crippen LogP contribution in [0, 0.1) is 5.82 Å². The fraction of sp³-hybridized carbons (Fsp3) is 0.278. The molecule has 25 heavy (non-hydrogen) atoms. The van der Waals surface area contributed by atoms with Gasteiger partial charge in [-0.15, -0.1) is 0 Å². The van der Waals surface area contributed by atoms with Crippen molar-refractivity contribution in [2.75, 3.05) is 16.4 Å². The second kappa shape index (κ2) is 6.46. The molecule has 4 rings (SSSR count). The third-order valence-electron chi connectivity index (χ3n) is 4.40. The maximum atomic E-state index is 13.4. The van der Waals surface area contributed by atoms with E-state index < -0.39 is 9.84 Å². The average Bonchev–Trinajstić information content (AvgIpc) is 3.05. The van der Waals surface area contributed by atoms with Gasteiger partial charge in [0.05, 0.1) is 23.6 Å². The molecule has 1 saturated heterocycles. The lowest BCUT2D eigenvalue weighted by molar-refractivity contribution is 0.601. The van der Waals surface area contributed by atoms with E-state index in [1.54, 1.807) is 6.07 Å². The Balaban J connectivity index is 1.60. The number of para-hydroxylation sites is 1. The van der Waals surface area contributed by atoms with Crippen LogP contribution in [-0.2, 0) is 15.6 Å². The number of halogens is 1. The van der Waals surface area contributed by atoms with Crippen LogP contribution in [0.4, 0.5) is 10.1 Å². The number of sulfone groups is 1. The number of nitrogens with zero attached hydrogens (tertiary/aromatic N) is 2. The van der Waals surface area contributed by atoms with Crippen molar-refractivity contribution >= 4 is 32.5 Å². The highest BCUT2D eigenvalue weighted by molar-refractivity contribution is 8.13. The number of aliphatic imine (C=N–C) groups is 1. The molecule has 0 aromatic heterocycles. The van der Waals surface area contributed by atoms with Crippen LogP contribution in [-0.4, -0.2) is 37.2 Å². The highest BCUT2D eigenvalue weighted by Crippen LogP contribution is 2.35. The van der Waals surface area contributed by atoms with Gasteiger partial charge in [0, 0.05) is 11.4 Å². The Morgan fingerprint density at radius 2 is 1.92 bits per heavy atom. The van der Waals surface area contributed by atoms with E-state index in [1.165, 1.54) is 23.9 Å². The summed E-state index contributed by atoms with van der Waals surface area (Å²) in [6.45, 7) is 0. The van der Waals surface area contributed by atoms with Crippen molar-refractivity contribution < 1.29 is 12.8 Å². The molecule has 2 aromatic carbocycles. The van der Waals surface area contributed by atoms with Gasteiger partial charge in [-0.25, -0.2) is 12.8 Å². The van der Waals surface area contributed by atoms with E-state index in [4.69, 9.17) is 0 Å². The molecule has 2 aliphatic heterocycles. The van der Waals surface area contributed by atoms with Crippen LogP contribution in [0.3, 0.4) is 0 Å². The Hall–Kier alpha value is -1.86. The molecule has 4 nitrogen and oxygen atoms in total. The fourth-order valence-corrected chi connectivity index (χ4v) is 6.21. The van der Waals surface area contributed by atoms with Crippen molar-refractivity contribution in [3.05, 3.63) is 66.0 Å². The molecule has 0 spiro atoms. The van der Waals surface area contributed by atoms with Crippen LogP contribution in [0.25, 0.3) is 0 Å². The van der Waals surface area contributed by atoms with Gasteiger partial charge in [-0.2, -0.15) is 0 Å². The van der Waals surface area contributed by atoms with Gasteiger partial charge in [0.25, 0.3) is 0 Å². The summed E-state index contributed by atoms with van der Waals surface area (Å²) in [6.07, 6.45) is 0. The first kappa shape index (κ1) is 16.6. The molecule has 1 fully saturated rings. The number of fused-ring (bicyclic) bond motifs is 1. The molecular formula is C18H17FN2O2S2. The first-order valence-electron chi connectivity index (χ1n) is 8.02. The average molecular weight is 376 g/mol. The van der Waals surface area contributed by atoms with Gasteiger partial charge >= 0.3 is 0 Å². The van der Waals surface area contributed by atoms with E-state index in [2.05, 4.69) is 4.99 Å². The smallest absolute Gasteiger partial charge is 0.164 e. The van der Waals surface area contributed by atoms with Gasteiger partial charge < -0.3 is 4.90 Å². The van der Waals surface area contributed by atoms with Crippen molar-refractivity contribution in [3.63, 3.8) is 0 Å². The summed E-state index contributed by atoms with van der Waals surface area (Å²) >= 11 is 1.52. The predicted octanol–water partition coefficient (Wildman–Crippen LogP) is 3.10. The maximum absolute atomic E-state index is 13.4. The van der Waals surface area contributed by atoms with Crippen LogP contribution < -0.4 is 4.90 Å². The van der Waals surface area contributed by atoms with Crippen molar-refractivity contribution in [1.82, 2.24) is 0 Å². The first-order chi connectivity index (χ1) is 12.0. The van der Waals surface area contributed by atoms with Crippen LogP contribution in [0.2, 0.25) is 0 Å². The molecule has 0 aliphatic carbocycles. The van der Waals surface area contributed by atoms with E-state index >= 15 is 0 Å².